The van der Waals surface area contributed by atoms with Crippen LogP contribution in [0.5, 0.6) is 0 Å². The van der Waals surface area contributed by atoms with E-state index in [0.717, 1.165) is 30.0 Å². The number of nitrogens with zero attached hydrogens (tertiary/aromatic N) is 1. The van der Waals surface area contributed by atoms with Crippen molar-refractivity contribution in [3.8, 4) is 0 Å². The first-order chi connectivity index (χ1) is 16.2. The van der Waals surface area contributed by atoms with E-state index in [0.29, 0.717) is 48.5 Å². The molecule has 9 nitrogen and oxygen atoms in total. The number of hydrogen-bond acceptors (Lipinski definition) is 6. The standard InChI is InChI=1S/C23H30N4O5S2/c1-15(2)26-9-8-18-19(14-26)33-23(20(18)22(29)24-3)25-21(28)16-4-6-17(7-5-16)34(30,31)27-10-12-32-13-11-27/h4-7,15H,8-14H2,1-3H3,(H,24,29)(H,25,28)/p+1. The Morgan fingerprint density at radius 1 is 1.12 bits per heavy atom. The number of quaternary nitrogens is 1. The van der Waals surface area contributed by atoms with Gasteiger partial charge in [-0.15, -0.1) is 11.3 Å². The highest BCUT2D eigenvalue weighted by Gasteiger charge is 2.31. The Morgan fingerprint density at radius 2 is 1.79 bits per heavy atom. The zero-order chi connectivity index (χ0) is 24.5. The number of carbonyl (C=O) groups excluding carboxylic acids is 2. The smallest absolute Gasteiger partial charge is 0.256 e. The van der Waals surface area contributed by atoms with E-state index in [1.54, 1.807) is 7.05 Å². The molecule has 0 saturated carbocycles. The number of fused-ring (bicyclic) bond motifs is 1. The van der Waals surface area contributed by atoms with Crippen LogP contribution >= 0.6 is 11.3 Å². The van der Waals surface area contributed by atoms with E-state index in [-0.39, 0.29) is 16.7 Å². The number of morpholine rings is 1. The largest absolute Gasteiger partial charge is 0.379 e. The highest BCUT2D eigenvalue weighted by molar-refractivity contribution is 7.89. The first-order valence-electron chi connectivity index (χ1n) is 11.4. The highest BCUT2D eigenvalue weighted by atomic mass is 32.2. The van der Waals surface area contributed by atoms with Crippen molar-refractivity contribution >= 4 is 38.2 Å². The maximum Gasteiger partial charge on any atom is 0.256 e. The molecule has 1 aromatic carbocycles. The fourth-order valence-corrected chi connectivity index (χ4v) is 7.04. The Morgan fingerprint density at radius 3 is 2.41 bits per heavy atom. The van der Waals surface area contributed by atoms with E-state index in [1.165, 1.54) is 44.8 Å². The van der Waals surface area contributed by atoms with Gasteiger partial charge in [-0.3, -0.25) is 9.59 Å². The third-order valence-corrected chi connectivity index (χ3v) is 9.46. The summed E-state index contributed by atoms with van der Waals surface area (Å²) in [6, 6.07) is 6.37. The van der Waals surface area contributed by atoms with Crippen LogP contribution in [0.2, 0.25) is 0 Å². The van der Waals surface area contributed by atoms with Crippen LogP contribution in [0.1, 0.15) is 45.0 Å². The fourth-order valence-electron chi connectivity index (χ4n) is 4.34. The molecule has 1 unspecified atom stereocenters. The minimum Gasteiger partial charge on any atom is -0.379 e. The van der Waals surface area contributed by atoms with Crippen LogP contribution in [0.15, 0.2) is 29.2 Å². The number of rotatable bonds is 6. The van der Waals surface area contributed by atoms with Crippen molar-refractivity contribution in [1.82, 2.24) is 9.62 Å². The van der Waals surface area contributed by atoms with Crippen LogP contribution in [0.3, 0.4) is 0 Å². The van der Waals surface area contributed by atoms with Gasteiger partial charge in [0.2, 0.25) is 10.0 Å². The van der Waals surface area contributed by atoms with Crippen molar-refractivity contribution in [3.63, 3.8) is 0 Å². The molecule has 2 aliphatic rings. The lowest BCUT2D eigenvalue weighted by molar-refractivity contribution is -0.936. The van der Waals surface area contributed by atoms with Gasteiger partial charge in [0.1, 0.15) is 11.5 Å². The van der Waals surface area contributed by atoms with E-state index >= 15 is 0 Å². The third-order valence-electron chi connectivity index (χ3n) is 6.40. The van der Waals surface area contributed by atoms with E-state index in [9.17, 15) is 18.0 Å². The Bertz CT molecular complexity index is 1170. The van der Waals surface area contributed by atoms with Crippen LogP contribution in [-0.4, -0.2) is 70.5 Å². The second-order valence-corrected chi connectivity index (χ2v) is 11.8. The topological polar surface area (TPSA) is 109 Å². The lowest BCUT2D eigenvalue weighted by Gasteiger charge is -2.27. The van der Waals surface area contributed by atoms with Crippen molar-refractivity contribution < 1.29 is 27.6 Å². The maximum absolute atomic E-state index is 13.0. The minimum absolute atomic E-state index is 0.139. The van der Waals surface area contributed by atoms with Crippen molar-refractivity contribution in [3.05, 3.63) is 45.8 Å². The number of ether oxygens (including phenoxy) is 1. The van der Waals surface area contributed by atoms with Crippen molar-refractivity contribution in [1.29, 1.82) is 0 Å². The number of sulfonamides is 1. The van der Waals surface area contributed by atoms with Gasteiger partial charge in [-0.2, -0.15) is 4.31 Å². The molecule has 0 aliphatic carbocycles. The lowest BCUT2D eigenvalue weighted by atomic mass is 10.0. The number of anilines is 1. The molecule has 2 aromatic rings. The maximum atomic E-state index is 13.0. The van der Waals surface area contributed by atoms with Crippen molar-refractivity contribution in [2.24, 2.45) is 0 Å². The molecule has 1 saturated heterocycles. The summed E-state index contributed by atoms with van der Waals surface area (Å²) in [6.07, 6.45) is 0.784. The lowest BCUT2D eigenvalue weighted by Crippen LogP contribution is -3.14. The van der Waals surface area contributed by atoms with Crippen LogP contribution in [0.25, 0.3) is 0 Å². The SMILES string of the molecule is CNC(=O)c1c(NC(=O)c2ccc(S(=O)(=O)N3CCOCC3)cc2)sc2c1CC[NH+](C(C)C)C2. The summed E-state index contributed by atoms with van der Waals surface area (Å²) in [4.78, 5) is 28.4. The molecular formula is C23H31N4O5S2+. The predicted molar refractivity (Wildman–Crippen MR) is 130 cm³/mol. The fraction of sp³-hybridized carbons (Fsp3) is 0.478. The number of benzene rings is 1. The zero-order valence-corrected chi connectivity index (χ0v) is 21.3. The monoisotopic (exact) mass is 507 g/mol. The van der Waals surface area contributed by atoms with E-state index in [2.05, 4.69) is 24.5 Å². The Hall–Kier alpha value is -2.31. The molecule has 1 aromatic heterocycles. The molecule has 11 heteroatoms. The molecule has 0 spiro atoms. The van der Waals surface area contributed by atoms with Gasteiger partial charge in [0.05, 0.1) is 41.1 Å². The number of amides is 2. The summed E-state index contributed by atoms with van der Waals surface area (Å²) in [5, 5.41) is 6.12. The molecule has 3 heterocycles. The summed E-state index contributed by atoms with van der Waals surface area (Å²) in [5.41, 5.74) is 1.87. The average molecular weight is 508 g/mol. The van der Waals surface area contributed by atoms with Crippen LogP contribution < -0.4 is 15.5 Å². The number of hydrogen-bond donors (Lipinski definition) is 3. The minimum atomic E-state index is -3.63. The number of nitrogens with one attached hydrogen (secondary N) is 3. The second kappa shape index (κ2) is 10.1. The summed E-state index contributed by atoms with van der Waals surface area (Å²) in [5.74, 6) is -0.597. The zero-order valence-electron chi connectivity index (χ0n) is 19.6. The van der Waals surface area contributed by atoms with Crippen LogP contribution in [0, 0.1) is 0 Å². The average Bonchev–Trinajstić information content (AvgIpc) is 3.21. The van der Waals surface area contributed by atoms with Gasteiger partial charge in [0.15, 0.2) is 0 Å². The number of thiophene rings is 1. The quantitative estimate of drug-likeness (QED) is 0.534. The molecule has 184 valence electrons. The van der Waals surface area contributed by atoms with E-state index in [1.807, 2.05) is 0 Å². The third kappa shape index (κ3) is 4.89. The Labute approximate surface area is 204 Å². The van der Waals surface area contributed by atoms with E-state index < -0.39 is 10.0 Å². The molecule has 0 bridgehead atoms. The molecule has 34 heavy (non-hydrogen) atoms. The van der Waals surface area contributed by atoms with Gasteiger partial charge in [-0.1, -0.05) is 0 Å². The molecular weight excluding hydrogens is 476 g/mol. The molecule has 2 aliphatic heterocycles. The first-order valence-corrected chi connectivity index (χ1v) is 13.7. The number of carbonyl (C=O) groups is 2. The molecule has 1 fully saturated rings. The van der Waals surface area contributed by atoms with Crippen molar-refractivity contribution in [2.45, 2.75) is 37.8 Å². The summed E-state index contributed by atoms with van der Waals surface area (Å²) in [6.45, 7) is 7.49. The van der Waals surface area contributed by atoms with Crippen molar-refractivity contribution in [2.75, 3.05) is 45.2 Å². The Kier molecular flexibility index (Phi) is 7.39. The van der Waals surface area contributed by atoms with Gasteiger partial charge >= 0.3 is 0 Å². The summed E-state index contributed by atoms with van der Waals surface area (Å²) >= 11 is 1.45. The molecule has 4 rings (SSSR count). The summed E-state index contributed by atoms with van der Waals surface area (Å²) in [7, 11) is -2.05. The molecule has 1 atom stereocenters. The van der Waals surface area contributed by atoms with Gasteiger partial charge < -0.3 is 20.3 Å². The van der Waals surface area contributed by atoms with Crippen LogP contribution in [0.4, 0.5) is 5.00 Å². The Balaban J connectivity index is 1.55. The van der Waals surface area contributed by atoms with Gasteiger partial charge in [-0.05, 0) is 43.7 Å². The predicted octanol–water partition coefficient (Wildman–Crippen LogP) is 0.730. The normalized spacial score (nSPS) is 19.0. The molecule has 0 radical (unpaired) electrons. The second-order valence-electron chi connectivity index (χ2n) is 8.77. The van der Waals surface area contributed by atoms with Gasteiger partial charge in [0.25, 0.3) is 11.8 Å². The first kappa shape index (κ1) is 24.8. The van der Waals surface area contributed by atoms with E-state index in [4.69, 9.17) is 4.74 Å². The van der Waals surface area contributed by atoms with Gasteiger partial charge in [0, 0.05) is 32.1 Å². The summed E-state index contributed by atoms with van der Waals surface area (Å²) < 4.78 is 32.3. The van der Waals surface area contributed by atoms with Gasteiger partial charge in [-0.25, -0.2) is 8.42 Å². The van der Waals surface area contributed by atoms with Crippen LogP contribution in [-0.2, 0) is 27.7 Å². The molecule has 2 amide bonds. The molecule has 3 N–H and O–H groups in total. The highest BCUT2D eigenvalue weighted by Crippen LogP contribution is 2.35.